The molecule has 3 nitrogen and oxygen atoms in total. The topological polar surface area (TPSA) is 19.4 Å². The van der Waals surface area contributed by atoms with Gasteiger partial charge >= 0.3 is 0 Å². The molecule has 0 spiro atoms. The molecule has 0 unspecified atom stereocenters. The second kappa shape index (κ2) is 6.78. The van der Waals surface area contributed by atoms with Crippen LogP contribution >= 0.6 is 23.2 Å². The van der Waals surface area contributed by atoms with E-state index in [1.54, 1.807) is 6.20 Å². The van der Waals surface area contributed by atoms with Gasteiger partial charge in [0.1, 0.15) is 5.82 Å². The molecule has 1 saturated heterocycles. The smallest absolute Gasteiger partial charge is 0.128 e. The summed E-state index contributed by atoms with van der Waals surface area (Å²) < 4.78 is 0. The van der Waals surface area contributed by atoms with Crippen LogP contribution in [0.3, 0.4) is 0 Å². The van der Waals surface area contributed by atoms with Gasteiger partial charge in [-0.3, -0.25) is 0 Å². The molecular formula is C14H21Cl2N3. The second-order valence-corrected chi connectivity index (χ2v) is 6.07. The molecule has 1 aliphatic heterocycles. The number of aromatic nitrogens is 1. The highest BCUT2D eigenvalue weighted by molar-refractivity contribution is 6.32. The molecule has 2 rings (SSSR count). The standard InChI is InChI=1S/C14H21Cl2N3/c1-18-5-3-11(4-6-18)10-19(2)14-7-12(8-15)13(16)9-17-14/h7,9,11H,3-6,8,10H2,1-2H3. The lowest BCUT2D eigenvalue weighted by Crippen LogP contribution is -2.36. The minimum Gasteiger partial charge on any atom is -0.359 e. The van der Waals surface area contributed by atoms with E-state index in [0.717, 1.165) is 23.8 Å². The Morgan fingerprint density at radius 3 is 2.74 bits per heavy atom. The van der Waals surface area contributed by atoms with Crippen molar-refractivity contribution in [2.75, 3.05) is 38.6 Å². The maximum absolute atomic E-state index is 6.04. The third-order valence-electron chi connectivity index (χ3n) is 3.83. The van der Waals surface area contributed by atoms with Gasteiger partial charge in [-0.05, 0) is 50.5 Å². The molecule has 106 valence electrons. The van der Waals surface area contributed by atoms with Gasteiger partial charge in [0.15, 0.2) is 0 Å². The molecule has 0 saturated carbocycles. The van der Waals surface area contributed by atoms with Crippen LogP contribution in [0.15, 0.2) is 12.3 Å². The SMILES string of the molecule is CN1CCC(CN(C)c2cc(CCl)c(Cl)cn2)CC1. The zero-order valence-corrected chi connectivity index (χ0v) is 13.1. The van der Waals surface area contributed by atoms with Gasteiger partial charge in [0.2, 0.25) is 0 Å². The number of anilines is 1. The van der Waals surface area contributed by atoms with Crippen molar-refractivity contribution in [3.63, 3.8) is 0 Å². The predicted octanol–water partition coefficient (Wildman–Crippen LogP) is 3.25. The Morgan fingerprint density at radius 2 is 2.11 bits per heavy atom. The van der Waals surface area contributed by atoms with Gasteiger partial charge < -0.3 is 9.80 Å². The van der Waals surface area contributed by atoms with Gasteiger partial charge in [0, 0.05) is 25.7 Å². The molecule has 0 N–H and O–H groups in total. The van der Waals surface area contributed by atoms with Crippen LogP contribution in [0.2, 0.25) is 5.02 Å². The van der Waals surface area contributed by atoms with Crippen LogP contribution in [0.1, 0.15) is 18.4 Å². The predicted molar refractivity (Wildman–Crippen MR) is 82.3 cm³/mol. The minimum absolute atomic E-state index is 0.427. The summed E-state index contributed by atoms with van der Waals surface area (Å²) in [6.07, 6.45) is 4.22. The van der Waals surface area contributed by atoms with E-state index in [1.165, 1.54) is 25.9 Å². The number of hydrogen-bond acceptors (Lipinski definition) is 3. The van der Waals surface area contributed by atoms with Gasteiger partial charge in [0.25, 0.3) is 0 Å². The van der Waals surface area contributed by atoms with E-state index in [2.05, 4.69) is 28.9 Å². The summed E-state index contributed by atoms with van der Waals surface area (Å²) in [6, 6.07) is 1.99. The monoisotopic (exact) mass is 301 g/mol. The van der Waals surface area contributed by atoms with Crippen LogP contribution in [0.4, 0.5) is 5.82 Å². The minimum atomic E-state index is 0.427. The van der Waals surface area contributed by atoms with Gasteiger partial charge in [-0.2, -0.15) is 0 Å². The molecule has 5 heteroatoms. The first-order valence-electron chi connectivity index (χ1n) is 6.70. The fraction of sp³-hybridized carbons (Fsp3) is 0.643. The number of pyridine rings is 1. The summed E-state index contributed by atoms with van der Waals surface area (Å²) in [5.74, 6) is 2.13. The van der Waals surface area contributed by atoms with E-state index in [9.17, 15) is 0 Å². The summed E-state index contributed by atoms with van der Waals surface area (Å²) in [5.41, 5.74) is 0.948. The van der Waals surface area contributed by atoms with Crippen LogP contribution in [-0.2, 0) is 5.88 Å². The number of halogens is 2. The molecule has 0 bridgehead atoms. The van der Waals surface area contributed by atoms with Gasteiger partial charge in [-0.25, -0.2) is 4.98 Å². The van der Waals surface area contributed by atoms with Crippen molar-refractivity contribution in [3.05, 3.63) is 22.8 Å². The molecule has 2 heterocycles. The molecule has 0 radical (unpaired) electrons. The van der Waals surface area contributed by atoms with Crippen molar-refractivity contribution >= 4 is 29.0 Å². The zero-order chi connectivity index (χ0) is 13.8. The highest BCUT2D eigenvalue weighted by atomic mass is 35.5. The zero-order valence-electron chi connectivity index (χ0n) is 11.6. The lowest BCUT2D eigenvalue weighted by Gasteiger charge is -2.32. The first-order chi connectivity index (χ1) is 9.10. The average Bonchev–Trinajstić information content (AvgIpc) is 2.42. The van der Waals surface area contributed by atoms with E-state index < -0.39 is 0 Å². The van der Waals surface area contributed by atoms with Crippen LogP contribution in [0, 0.1) is 5.92 Å². The van der Waals surface area contributed by atoms with Gasteiger partial charge in [0.05, 0.1) is 5.02 Å². The van der Waals surface area contributed by atoms with Crippen molar-refractivity contribution in [1.82, 2.24) is 9.88 Å². The normalized spacial score (nSPS) is 17.7. The molecule has 1 aromatic heterocycles. The molecule has 1 aliphatic rings. The Hall–Kier alpha value is -0.510. The van der Waals surface area contributed by atoms with Crippen molar-refractivity contribution in [1.29, 1.82) is 0 Å². The Balaban J connectivity index is 1.97. The third-order valence-corrected chi connectivity index (χ3v) is 4.45. The number of rotatable bonds is 4. The highest BCUT2D eigenvalue weighted by Gasteiger charge is 2.19. The van der Waals surface area contributed by atoms with E-state index in [1.807, 2.05) is 6.07 Å². The molecule has 1 aromatic rings. The Kier molecular flexibility index (Phi) is 5.31. The largest absolute Gasteiger partial charge is 0.359 e. The molecular weight excluding hydrogens is 281 g/mol. The van der Waals surface area contributed by atoms with Crippen molar-refractivity contribution < 1.29 is 0 Å². The third kappa shape index (κ3) is 3.98. The second-order valence-electron chi connectivity index (χ2n) is 5.39. The van der Waals surface area contributed by atoms with E-state index >= 15 is 0 Å². The maximum atomic E-state index is 6.04. The van der Waals surface area contributed by atoms with Crippen LogP contribution < -0.4 is 4.90 Å². The molecule has 0 aliphatic carbocycles. The van der Waals surface area contributed by atoms with Crippen LogP contribution in [0.5, 0.6) is 0 Å². The molecule has 0 amide bonds. The molecule has 0 aromatic carbocycles. The number of piperidine rings is 1. The highest BCUT2D eigenvalue weighted by Crippen LogP contribution is 2.23. The molecule has 19 heavy (non-hydrogen) atoms. The summed E-state index contributed by atoms with van der Waals surface area (Å²) in [4.78, 5) is 8.99. The molecule has 1 fully saturated rings. The van der Waals surface area contributed by atoms with Crippen LogP contribution in [-0.4, -0.2) is 43.6 Å². The summed E-state index contributed by atoms with van der Waals surface area (Å²) in [6.45, 7) is 3.43. The van der Waals surface area contributed by atoms with Gasteiger partial charge in [-0.15, -0.1) is 11.6 Å². The van der Waals surface area contributed by atoms with E-state index in [0.29, 0.717) is 10.9 Å². The quantitative estimate of drug-likeness (QED) is 0.796. The lowest BCUT2D eigenvalue weighted by atomic mass is 9.97. The fourth-order valence-electron chi connectivity index (χ4n) is 2.50. The van der Waals surface area contributed by atoms with E-state index in [4.69, 9.17) is 23.2 Å². The van der Waals surface area contributed by atoms with Crippen LogP contribution in [0.25, 0.3) is 0 Å². The first kappa shape index (κ1) is 14.9. The fourth-order valence-corrected chi connectivity index (χ4v) is 2.96. The summed E-state index contributed by atoms with van der Waals surface area (Å²) >= 11 is 11.9. The number of hydrogen-bond donors (Lipinski definition) is 0. The maximum Gasteiger partial charge on any atom is 0.128 e. The number of likely N-dealkylation sites (tertiary alicyclic amines) is 1. The van der Waals surface area contributed by atoms with Crippen molar-refractivity contribution in [2.45, 2.75) is 18.7 Å². The van der Waals surface area contributed by atoms with E-state index in [-0.39, 0.29) is 0 Å². The van der Waals surface area contributed by atoms with Crippen molar-refractivity contribution in [3.8, 4) is 0 Å². The Bertz CT molecular complexity index is 417. The van der Waals surface area contributed by atoms with Gasteiger partial charge in [-0.1, -0.05) is 11.6 Å². The Labute approximate surface area is 125 Å². The number of alkyl halides is 1. The van der Waals surface area contributed by atoms with Crippen molar-refractivity contribution in [2.24, 2.45) is 5.92 Å². The average molecular weight is 302 g/mol. The lowest BCUT2D eigenvalue weighted by molar-refractivity contribution is 0.222. The Morgan fingerprint density at radius 1 is 1.42 bits per heavy atom. The summed E-state index contributed by atoms with van der Waals surface area (Å²) in [5, 5.41) is 0.645. The number of nitrogens with zero attached hydrogens (tertiary/aromatic N) is 3. The molecule has 0 atom stereocenters. The summed E-state index contributed by atoms with van der Waals surface area (Å²) in [7, 11) is 4.28. The first-order valence-corrected chi connectivity index (χ1v) is 7.61.